The number of benzene rings is 1. The van der Waals surface area contributed by atoms with E-state index in [1.165, 1.54) is 6.42 Å². The molecule has 120 valence electrons. The fourth-order valence-electron chi connectivity index (χ4n) is 2.73. The molecular weight excluding hydrogens is 292 g/mol. The minimum Gasteiger partial charge on any atom is -0.497 e. The van der Waals surface area contributed by atoms with Crippen molar-refractivity contribution in [1.82, 2.24) is 9.97 Å². The number of aromatic nitrogens is 2. The number of anilines is 1. The first-order valence-electron chi connectivity index (χ1n) is 7.75. The van der Waals surface area contributed by atoms with Crippen molar-refractivity contribution in [3.63, 3.8) is 0 Å². The fraction of sp³-hybridized carbons (Fsp3) is 0.353. The average Bonchev–Trinajstić information content (AvgIpc) is 2.62. The summed E-state index contributed by atoms with van der Waals surface area (Å²) in [6.45, 7) is 1.81. The number of ether oxygens (including phenoxy) is 1. The highest BCUT2D eigenvalue weighted by molar-refractivity contribution is 5.92. The molecule has 2 heterocycles. The van der Waals surface area contributed by atoms with Crippen LogP contribution < -0.4 is 15.4 Å². The molecule has 0 unspecified atom stereocenters. The number of carbonyl (C=O) groups is 1. The number of rotatable bonds is 4. The lowest BCUT2D eigenvalue weighted by Crippen LogP contribution is -2.31. The first kappa shape index (κ1) is 15.3. The van der Waals surface area contributed by atoms with E-state index in [0.717, 1.165) is 37.2 Å². The molecule has 0 spiro atoms. The number of hydrogen-bond donors (Lipinski definition) is 1. The van der Waals surface area contributed by atoms with Gasteiger partial charge in [0.15, 0.2) is 0 Å². The molecule has 0 bridgehead atoms. The van der Waals surface area contributed by atoms with Gasteiger partial charge in [0.25, 0.3) is 5.91 Å². The lowest BCUT2D eigenvalue weighted by Gasteiger charge is -2.27. The smallest absolute Gasteiger partial charge is 0.267 e. The Morgan fingerprint density at radius 1 is 1.17 bits per heavy atom. The van der Waals surface area contributed by atoms with Gasteiger partial charge in [-0.2, -0.15) is 0 Å². The molecule has 1 saturated heterocycles. The summed E-state index contributed by atoms with van der Waals surface area (Å²) < 4.78 is 5.26. The van der Waals surface area contributed by atoms with Gasteiger partial charge in [-0.1, -0.05) is 12.1 Å². The fourth-order valence-corrected chi connectivity index (χ4v) is 2.73. The minimum absolute atomic E-state index is 0.235. The number of nitrogens with two attached hydrogens (primary N) is 1. The van der Waals surface area contributed by atoms with Crippen molar-refractivity contribution >= 4 is 11.9 Å². The highest BCUT2D eigenvalue weighted by Crippen LogP contribution is 2.25. The maximum absolute atomic E-state index is 11.6. The van der Waals surface area contributed by atoms with Crippen LogP contribution in [0.3, 0.4) is 0 Å². The molecule has 6 nitrogen and oxygen atoms in total. The van der Waals surface area contributed by atoms with E-state index in [1.807, 2.05) is 24.3 Å². The Kier molecular flexibility index (Phi) is 4.41. The van der Waals surface area contributed by atoms with Gasteiger partial charge in [0.2, 0.25) is 5.95 Å². The average molecular weight is 312 g/mol. The molecule has 1 aromatic carbocycles. The van der Waals surface area contributed by atoms with E-state index in [2.05, 4.69) is 14.9 Å². The van der Waals surface area contributed by atoms with Crippen molar-refractivity contribution in [1.29, 1.82) is 0 Å². The van der Waals surface area contributed by atoms with Crippen molar-refractivity contribution in [2.45, 2.75) is 19.3 Å². The van der Waals surface area contributed by atoms with Crippen molar-refractivity contribution in [2.75, 3.05) is 25.1 Å². The molecule has 0 radical (unpaired) electrons. The van der Waals surface area contributed by atoms with Gasteiger partial charge >= 0.3 is 0 Å². The molecule has 0 saturated carbocycles. The molecule has 23 heavy (non-hydrogen) atoms. The number of piperidine rings is 1. The SMILES string of the molecule is COc1cccc(-c2cc(C(N)=O)nc(N3CCCCC3)n2)c1. The zero-order valence-corrected chi connectivity index (χ0v) is 13.2. The second-order valence-corrected chi connectivity index (χ2v) is 5.58. The van der Waals surface area contributed by atoms with Crippen LogP contribution in [0.25, 0.3) is 11.3 Å². The Bertz CT molecular complexity index is 711. The minimum atomic E-state index is -0.546. The van der Waals surface area contributed by atoms with Crippen molar-refractivity contribution in [3.05, 3.63) is 36.0 Å². The Morgan fingerprint density at radius 2 is 1.96 bits per heavy atom. The molecule has 1 amide bonds. The highest BCUT2D eigenvalue weighted by Gasteiger charge is 2.17. The number of carbonyl (C=O) groups excluding carboxylic acids is 1. The van der Waals surface area contributed by atoms with Crippen LogP contribution in [-0.4, -0.2) is 36.1 Å². The standard InChI is InChI=1S/C17H20N4O2/c1-23-13-7-5-6-12(10-13)14-11-15(16(18)22)20-17(19-14)21-8-3-2-4-9-21/h5-7,10-11H,2-4,8-9H2,1H3,(H2,18,22). The number of primary amides is 1. The maximum Gasteiger partial charge on any atom is 0.267 e. The van der Waals surface area contributed by atoms with E-state index < -0.39 is 5.91 Å². The lowest BCUT2D eigenvalue weighted by atomic mass is 10.1. The van der Waals surface area contributed by atoms with Gasteiger partial charge in [-0.15, -0.1) is 0 Å². The number of nitrogens with zero attached hydrogens (tertiary/aromatic N) is 3. The summed E-state index contributed by atoms with van der Waals surface area (Å²) in [5.74, 6) is 0.759. The van der Waals surface area contributed by atoms with E-state index >= 15 is 0 Å². The number of hydrogen-bond acceptors (Lipinski definition) is 5. The normalized spacial score (nSPS) is 14.6. The van der Waals surface area contributed by atoms with E-state index in [9.17, 15) is 4.79 Å². The Balaban J connectivity index is 2.04. The zero-order chi connectivity index (χ0) is 16.2. The van der Waals surface area contributed by atoms with Gasteiger partial charge in [0.1, 0.15) is 11.4 Å². The van der Waals surface area contributed by atoms with Crippen LogP contribution in [0.4, 0.5) is 5.95 Å². The van der Waals surface area contributed by atoms with Gasteiger partial charge in [0, 0.05) is 18.7 Å². The topological polar surface area (TPSA) is 81.3 Å². The summed E-state index contributed by atoms with van der Waals surface area (Å²) in [6.07, 6.45) is 3.44. The maximum atomic E-state index is 11.6. The largest absolute Gasteiger partial charge is 0.497 e. The Labute approximate surface area is 135 Å². The predicted octanol–water partition coefficient (Wildman–Crippen LogP) is 2.24. The van der Waals surface area contributed by atoms with Crippen LogP contribution in [0.5, 0.6) is 5.75 Å². The van der Waals surface area contributed by atoms with E-state index in [4.69, 9.17) is 10.5 Å². The molecule has 6 heteroatoms. The number of methoxy groups -OCH3 is 1. The molecule has 3 rings (SSSR count). The summed E-state index contributed by atoms with van der Waals surface area (Å²) in [6, 6.07) is 9.19. The van der Waals surface area contributed by atoms with Gasteiger partial charge in [-0.3, -0.25) is 4.79 Å². The van der Waals surface area contributed by atoms with Crippen LogP contribution in [0.15, 0.2) is 30.3 Å². The summed E-state index contributed by atoms with van der Waals surface area (Å²) in [4.78, 5) is 22.7. The van der Waals surface area contributed by atoms with Gasteiger partial charge in [-0.05, 0) is 37.5 Å². The van der Waals surface area contributed by atoms with Crippen LogP contribution in [0.1, 0.15) is 29.8 Å². The Morgan fingerprint density at radius 3 is 2.65 bits per heavy atom. The monoisotopic (exact) mass is 312 g/mol. The molecular formula is C17H20N4O2. The van der Waals surface area contributed by atoms with E-state index in [1.54, 1.807) is 13.2 Å². The third-order valence-electron chi connectivity index (χ3n) is 3.97. The van der Waals surface area contributed by atoms with Crippen molar-refractivity contribution < 1.29 is 9.53 Å². The Hall–Kier alpha value is -2.63. The molecule has 1 aromatic heterocycles. The van der Waals surface area contributed by atoms with Crippen LogP contribution in [-0.2, 0) is 0 Å². The number of amides is 1. The molecule has 2 aromatic rings. The van der Waals surface area contributed by atoms with Crippen LogP contribution in [0.2, 0.25) is 0 Å². The first-order valence-corrected chi connectivity index (χ1v) is 7.75. The molecule has 0 aliphatic carbocycles. The zero-order valence-electron chi connectivity index (χ0n) is 13.2. The molecule has 1 aliphatic heterocycles. The van der Waals surface area contributed by atoms with Crippen molar-refractivity contribution in [2.24, 2.45) is 5.73 Å². The first-order chi connectivity index (χ1) is 11.2. The van der Waals surface area contributed by atoms with E-state index in [0.29, 0.717) is 11.6 Å². The quantitative estimate of drug-likeness (QED) is 0.936. The van der Waals surface area contributed by atoms with Crippen molar-refractivity contribution in [3.8, 4) is 17.0 Å². The lowest BCUT2D eigenvalue weighted by molar-refractivity contribution is 0.0995. The van der Waals surface area contributed by atoms with Crippen LogP contribution in [0, 0.1) is 0 Å². The summed E-state index contributed by atoms with van der Waals surface area (Å²) in [5, 5.41) is 0. The molecule has 1 aliphatic rings. The third kappa shape index (κ3) is 3.41. The van der Waals surface area contributed by atoms with Gasteiger partial charge < -0.3 is 15.4 Å². The van der Waals surface area contributed by atoms with Gasteiger partial charge in [-0.25, -0.2) is 9.97 Å². The summed E-state index contributed by atoms with van der Waals surface area (Å²) in [5.41, 5.74) is 7.22. The second kappa shape index (κ2) is 6.64. The summed E-state index contributed by atoms with van der Waals surface area (Å²) >= 11 is 0. The summed E-state index contributed by atoms with van der Waals surface area (Å²) in [7, 11) is 1.62. The van der Waals surface area contributed by atoms with Gasteiger partial charge in [0.05, 0.1) is 12.8 Å². The molecule has 1 fully saturated rings. The predicted molar refractivity (Wildman–Crippen MR) is 88.6 cm³/mol. The third-order valence-corrected chi connectivity index (χ3v) is 3.97. The van der Waals surface area contributed by atoms with E-state index in [-0.39, 0.29) is 5.69 Å². The second-order valence-electron chi connectivity index (χ2n) is 5.58. The van der Waals surface area contributed by atoms with Crippen LogP contribution >= 0.6 is 0 Å². The molecule has 0 atom stereocenters. The molecule has 2 N–H and O–H groups in total. The highest BCUT2D eigenvalue weighted by atomic mass is 16.5.